The molecular weight excluding hydrogens is 194 g/mol. The van der Waals surface area contributed by atoms with E-state index in [0.29, 0.717) is 17.6 Å². The van der Waals surface area contributed by atoms with Gasteiger partial charge in [-0.3, -0.25) is 9.59 Å². The number of dihydropyridines is 1. The van der Waals surface area contributed by atoms with Crippen molar-refractivity contribution in [2.75, 3.05) is 0 Å². The molecule has 15 heavy (non-hydrogen) atoms. The van der Waals surface area contributed by atoms with Crippen molar-refractivity contribution in [1.82, 2.24) is 5.32 Å². The van der Waals surface area contributed by atoms with E-state index in [4.69, 9.17) is 0 Å². The largest absolute Gasteiger partial charge is 0.412 e. The van der Waals surface area contributed by atoms with E-state index in [1.807, 2.05) is 13.8 Å². The summed E-state index contributed by atoms with van der Waals surface area (Å²) in [6.45, 7) is 6.77. The van der Waals surface area contributed by atoms with E-state index in [0.717, 1.165) is 11.4 Å². The van der Waals surface area contributed by atoms with Crippen molar-refractivity contribution in [2.24, 2.45) is 0 Å². The predicted octanol–water partition coefficient (Wildman–Crippen LogP) is 0.881. The first-order valence-corrected chi connectivity index (χ1v) is 4.62. The minimum absolute atomic E-state index is 0. The van der Waals surface area contributed by atoms with Crippen LogP contribution in [-0.2, 0) is 9.59 Å². The molecule has 0 aromatic heterocycles. The molecule has 0 saturated carbocycles. The summed E-state index contributed by atoms with van der Waals surface area (Å²) in [6.07, 6.45) is 0.468. The van der Waals surface area contributed by atoms with Crippen molar-refractivity contribution in [1.29, 1.82) is 0 Å². The lowest BCUT2D eigenvalue weighted by Gasteiger charge is -2.21. The number of hydrogen-bond donors (Lipinski definition) is 1. The van der Waals surface area contributed by atoms with Crippen molar-refractivity contribution in [2.45, 2.75) is 34.1 Å². The second-order valence-corrected chi connectivity index (χ2v) is 3.62. The summed E-state index contributed by atoms with van der Waals surface area (Å²) in [5.41, 5.74) is 3.14. The van der Waals surface area contributed by atoms with Crippen molar-refractivity contribution in [3.8, 4) is 0 Å². The van der Waals surface area contributed by atoms with Gasteiger partial charge in [-0.15, -0.1) is 0 Å². The highest BCUT2D eigenvalue weighted by molar-refractivity contribution is 6.00. The van der Waals surface area contributed by atoms with Gasteiger partial charge in [0.1, 0.15) is 0 Å². The van der Waals surface area contributed by atoms with Crippen LogP contribution in [0.25, 0.3) is 0 Å². The Balaban J connectivity index is 0.00000196. The zero-order chi connectivity index (χ0) is 10.9. The molecule has 1 aliphatic heterocycles. The van der Waals surface area contributed by atoms with Gasteiger partial charge >= 0.3 is 0 Å². The van der Waals surface area contributed by atoms with Gasteiger partial charge < -0.3 is 10.8 Å². The highest BCUT2D eigenvalue weighted by Crippen LogP contribution is 2.23. The summed E-state index contributed by atoms with van der Waals surface area (Å²) in [7, 11) is 0. The molecule has 0 aromatic rings. The normalized spacial score (nSPS) is 15.7. The van der Waals surface area contributed by atoms with E-state index < -0.39 is 0 Å². The fourth-order valence-corrected chi connectivity index (χ4v) is 1.65. The fourth-order valence-electron chi connectivity index (χ4n) is 1.65. The Hall–Kier alpha value is -1.42. The maximum Gasteiger partial charge on any atom is 0.157 e. The van der Waals surface area contributed by atoms with Gasteiger partial charge in [-0.25, -0.2) is 0 Å². The molecule has 0 aliphatic carbocycles. The lowest BCUT2D eigenvalue weighted by molar-refractivity contribution is -0.114. The van der Waals surface area contributed by atoms with Crippen LogP contribution < -0.4 is 5.32 Å². The molecule has 0 unspecified atom stereocenters. The van der Waals surface area contributed by atoms with E-state index in [9.17, 15) is 9.59 Å². The summed E-state index contributed by atoms with van der Waals surface area (Å²) in [6, 6.07) is 0. The molecule has 0 amide bonds. The van der Waals surface area contributed by atoms with Crippen molar-refractivity contribution in [3.63, 3.8) is 0 Å². The third-order valence-corrected chi connectivity index (χ3v) is 2.48. The molecule has 1 rings (SSSR count). The maximum absolute atomic E-state index is 11.3. The van der Waals surface area contributed by atoms with Gasteiger partial charge in [0.25, 0.3) is 0 Å². The molecule has 4 nitrogen and oxygen atoms in total. The van der Waals surface area contributed by atoms with E-state index in [-0.39, 0.29) is 17.0 Å². The minimum atomic E-state index is 0. The molecule has 0 atom stereocenters. The monoisotopic (exact) mass is 211 g/mol. The molecule has 0 radical (unpaired) electrons. The Labute approximate surface area is 89.4 Å². The standard InChI is InChI=1S/C11H15NO2.H2O/c1-6-10(8(3)13)5-11(9(4)14)7(2)12-6;/h12H,5H2,1-4H3;1H2. The third-order valence-electron chi connectivity index (χ3n) is 2.48. The highest BCUT2D eigenvalue weighted by Gasteiger charge is 2.20. The van der Waals surface area contributed by atoms with Crippen molar-refractivity contribution in [3.05, 3.63) is 22.5 Å². The Kier molecular flexibility index (Phi) is 4.42. The average molecular weight is 211 g/mol. The first kappa shape index (κ1) is 13.6. The van der Waals surface area contributed by atoms with Gasteiger partial charge in [-0.05, 0) is 27.7 Å². The minimum Gasteiger partial charge on any atom is -0.412 e. The van der Waals surface area contributed by atoms with Crippen LogP contribution in [0.1, 0.15) is 34.1 Å². The summed E-state index contributed by atoms with van der Waals surface area (Å²) in [5.74, 6) is 0.0579. The van der Waals surface area contributed by atoms with Crippen LogP contribution in [0.3, 0.4) is 0 Å². The van der Waals surface area contributed by atoms with Crippen LogP contribution in [0.5, 0.6) is 0 Å². The number of ketones is 2. The van der Waals surface area contributed by atoms with Gasteiger partial charge in [-0.2, -0.15) is 0 Å². The zero-order valence-electron chi connectivity index (χ0n) is 9.52. The van der Waals surface area contributed by atoms with E-state index in [1.54, 1.807) is 0 Å². The molecule has 84 valence electrons. The topological polar surface area (TPSA) is 77.7 Å². The van der Waals surface area contributed by atoms with Crippen molar-refractivity contribution >= 4 is 11.6 Å². The molecule has 3 N–H and O–H groups in total. The summed E-state index contributed by atoms with van der Waals surface area (Å²) in [4.78, 5) is 22.5. The lowest BCUT2D eigenvalue weighted by Crippen LogP contribution is -2.23. The number of hydrogen-bond acceptors (Lipinski definition) is 3. The van der Waals surface area contributed by atoms with E-state index in [1.165, 1.54) is 13.8 Å². The quantitative estimate of drug-likeness (QED) is 0.736. The number of carbonyl (C=O) groups excluding carboxylic acids is 2. The molecular formula is C11H17NO3. The molecule has 1 heterocycles. The summed E-state index contributed by atoms with van der Waals surface area (Å²) >= 11 is 0. The molecule has 1 aliphatic rings. The smallest absolute Gasteiger partial charge is 0.157 e. The third kappa shape index (κ3) is 2.76. The Morgan fingerprint density at radius 2 is 1.33 bits per heavy atom. The van der Waals surface area contributed by atoms with Gasteiger partial charge in [0.2, 0.25) is 0 Å². The highest BCUT2D eigenvalue weighted by atomic mass is 16.1. The number of nitrogens with one attached hydrogen (secondary N) is 1. The number of carbonyl (C=O) groups is 2. The number of Topliss-reactive ketones (excluding diaryl/α,β-unsaturated/α-hetero) is 2. The Bertz CT molecular complexity index is 330. The van der Waals surface area contributed by atoms with Crippen LogP contribution in [0.15, 0.2) is 22.5 Å². The molecule has 0 saturated heterocycles. The predicted molar refractivity (Wildman–Crippen MR) is 58.1 cm³/mol. The van der Waals surface area contributed by atoms with Gasteiger partial charge in [-0.1, -0.05) is 0 Å². The molecule has 0 fully saturated rings. The second-order valence-electron chi connectivity index (χ2n) is 3.62. The van der Waals surface area contributed by atoms with Crippen LogP contribution in [0, 0.1) is 0 Å². The fraction of sp³-hybridized carbons (Fsp3) is 0.455. The first-order chi connectivity index (χ1) is 6.43. The summed E-state index contributed by atoms with van der Waals surface area (Å²) < 4.78 is 0. The van der Waals surface area contributed by atoms with Crippen LogP contribution in [0.2, 0.25) is 0 Å². The van der Waals surface area contributed by atoms with E-state index >= 15 is 0 Å². The second kappa shape index (κ2) is 4.89. The average Bonchev–Trinajstić information content (AvgIpc) is 2.02. The zero-order valence-corrected chi connectivity index (χ0v) is 9.52. The molecule has 0 spiro atoms. The lowest BCUT2D eigenvalue weighted by atomic mass is 9.94. The van der Waals surface area contributed by atoms with Crippen LogP contribution in [-0.4, -0.2) is 17.0 Å². The van der Waals surface area contributed by atoms with Gasteiger partial charge in [0.15, 0.2) is 11.6 Å². The Morgan fingerprint density at radius 3 is 1.60 bits per heavy atom. The summed E-state index contributed by atoms with van der Waals surface area (Å²) in [5, 5.41) is 3.06. The van der Waals surface area contributed by atoms with Gasteiger partial charge in [0.05, 0.1) is 0 Å². The SMILES string of the molecule is CC(=O)C1=C(C)NC(C)=C(C(C)=O)C1.O. The maximum atomic E-state index is 11.3. The molecule has 4 heteroatoms. The van der Waals surface area contributed by atoms with Crippen molar-refractivity contribution < 1.29 is 15.1 Å². The van der Waals surface area contributed by atoms with Crippen LogP contribution in [0.4, 0.5) is 0 Å². The molecule has 0 aromatic carbocycles. The first-order valence-electron chi connectivity index (χ1n) is 4.62. The number of rotatable bonds is 2. The molecule has 0 bridgehead atoms. The van der Waals surface area contributed by atoms with E-state index in [2.05, 4.69) is 5.32 Å². The van der Waals surface area contributed by atoms with Gasteiger partial charge in [0, 0.05) is 29.0 Å². The van der Waals surface area contributed by atoms with Crippen LogP contribution >= 0.6 is 0 Å². The Morgan fingerprint density at radius 1 is 1.00 bits per heavy atom. The number of allylic oxidation sites excluding steroid dienone is 4.